The number of nitrogens with zero attached hydrogens (tertiary/aromatic N) is 1. The van der Waals surface area contributed by atoms with Crippen LogP contribution in [0.5, 0.6) is 0 Å². The maximum Gasteiger partial charge on any atom is 0.363 e. The molecule has 1 aromatic heterocycles. The van der Waals surface area contributed by atoms with Crippen LogP contribution in [0.25, 0.3) is 26.9 Å². The largest absolute Gasteiger partial charge is 0.401 e. The van der Waals surface area contributed by atoms with Crippen molar-refractivity contribution in [2.75, 3.05) is 0 Å². The van der Waals surface area contributed by atoms with E-state index in [-0.39, 0.29) is 11.6 Å². The molecule has 0 unspecified atom stereocenters. The molecule has 0 N–H and O–H groups in total. The van der Waals surface area contributed by atoms with Crippen LogP contribution in [0, 0.1) is 0 Å². The van der Waals surface area contributed by atoms with Gasteiger partial charge in [-0.25, -0.2) is 9.79 Å². The highest BCUT2D eigenvalue weighted by atomic mass is 35.5. The minimum atomic E-state index is -0.523. The summed E-state index contributed by atoms with van der Waals surface area (Å²) in [5, 5.41) is 4.12. The molecule has 3 aromatic carbocycles. The smallest absolute Gasteiger partial charge is 0.363 e. The van der Waals surface area contributed by atoms with E-state index in [4.69, 9.17) is 39.5 Å². The van der Waals surface area contributed by atoms with E-state index in [0.29, 0.717) is 25.3 Å². The minimum absolute atomic E-state index is 0.167. The van der Waals surface area contributed by atoms with Crippen molar-refractivity contribution in [1.82, 2.24) is 0 Å². The van der Waals surface area contributed by atoms with Gasteiger partial charge in [0.1, 0.15) is 4.88 Å². The van der Waals surface area contributed by atoms with Crippen LogP contribution in [0.15, 0.2) is 65.3 Å². The number of carbonyl (C=O) groups is 1. The molecule has 4 aromatic rings. The Labute approximate surface area is 184 Å². The number of aliphatic imine (C=N–C) groups is 1. The van der Waals surface area contributed by atoms with Crippen LogP contribution in [0.3, 0.4) is 0 Å². The maximum absolute atomic E-state index is 12.5. The Morgan fingerprint density at radius 1 is 1.00 bits per heavy atom. The average molecular weight is 459 g/mol. The standard InChI is InChI=1S/C22H10Cl3NO2S/c23-13-9-15(24)18-17(10-13)29-20(19(18)25)21-26-16(22(27)28-21)8-12-6-3-5-11-4-1-2-7-14(11)12/h1-10H/b16-8+. The topological polar surface area (TPSA) is 38.7 Å². The second-order valence-corrected chi connectivity index (χ2v) is 8.68. The van der Waals surface area contributed by atoms with Crippen LogP contribution in [-0.4, -0.2) is 11.9 Å². The molecule has 0 saturated carbocycles. The molecule has 29 heavy (non-hydrogen) atoms. The van der Waals surface area contributed by atoms with Crippen LogP contribution >= 0.6 is 46.1 Å². The number of hydrogen-bond donors (Lipinski definition) is 0. The van der Waals surface area contributed by atoms with E-state index in [1.165, 1.54) is 11.3 Å². The van der Waals surface area contributed by atoms with Crippen LogP contribution in [0.2, 0.25) is 15.1 Å². The van der Waals surface area contributed by atoms with Gasteiger partial charge in [-0.05, 0) is 34.5 Å². The number of thiophene rings is 1. The fraction of sp³-hybridized carbons (Fsp3) is 0. The molecule has 0 bridgehead atoms. The monoisotopic (exact) mass is 457 g/mol. The molecule has 1 aliphatic rings. The van der Waals surface area contributed by atoms with Crippen molar-refractivity contribution >= 4 is 84.9 Å². The molecule has 5 rings (SSSR count). The molecule has 1 aliphatic heterocycles. The highest BCUT2D eigenvalue weighted by Crippen LogP contribution is 2.42. The van der Waals surface area contributed by atoms with Gasteiger partial charge < -0.3 is 4.74 Å². The summed E-state index contributed by atoms with van der Waals surface area (Å²) in [5.41, 5.74) is 1.10. The van der Waals surface area contributed by atoms with Gasteiger partial charge in [-0.3, -0.25) is 0 Å². The lowest BCUT2D eigenvalue weighted by Gasteiger charge is -2.01. The number of rotatable bonds is 2. The van der Waals surface area contributed by atoms with E-state index < -0.39 is 5.97 Å². The molecule has 0 saturated heterocycles. The zero-order valence-corrected chi connectivity index (χ0v) is 17.7. The normalized spacial score (nSPS) is 15.3. The molecule has 142 valence electrons. The first-order chi connectivity index (χ1) is 14.0. The van der Waals surface area contributed by atoms with Crippen molar-refractivity contribution in [3.63, 3.8) is 0 Å². The molecule has 0 amide bonds. The van der Waals surface area contributed by atoms with Gasteiger partial charge in [0, 0.05) is 15.1 Å². The van der Waals surface area contributed by atoms with Gasteiger partial charge >= 0.3 is 5.97 Å². The van der Waals surface area contributed by atoms with Crippen molar-refractivity contribution in [2.45, 2.75) is 0 Å². The summed E-state index contributed by atoms with van der Waals surface area (Å²) in [6.07, 6.45) is 1.72. The summed E-state index contributed by atoms with van der Waals surface area (Å²) in [7, 11) is 0. The summed E-state index contributed by atoms with van der Waals surface area (Å²) in [6, 6.07) is 17.2. The summed E-state index contributed by atoms with van der Waals surface area (Å²) >= 11 is 20.2. The van der Waals surface area contributed by atoms with Gasteiger partial charge in [0.15, 0.2) is 5.70 Å². The number of carbonyl (C=O) groups excluding carboxylic acids is 1. The number of fused-ring (bicyclic) bond motifs is 2. The average Bonchev–Trinajstić information content (AvgIpc) is 3.22. The van der Waals surface area contributed by atoms with Crippen LogP contribution in [-0.2, 0) is 9.53 Å². The summed E-state index contributed by atoms with van der Waals surface area (Å²) in [6.45, 7) is 0. The Balaban J connectivity index is 1.62. The quantitative estimate of drug-likeness (QED) is 0.232. The van der Waals surface area contributed by atoms with Gasteiger partial charge in [-0.1, -0.05) is 77.3 Å². The van der Waals surface area contributed by atoms with E-state index in [0.717, 1.165) is 21.0 Å². The fourth-order valence-corrected chi connectivity index (χ4v) is 5.58. The van der Waals surface area contributed by atoms with Crippen LogP contribution in [0.4, 0.5) is 0 Å². The third-order valence-electron chi connectivity index (χ3n) is 4.58. The minimum Gasteiger partial charge on any atom is -0.401 e. The molecule has 0 radical (unpaired) electrons. The summed E-state index contributed by atoms with van der Waals surface area (Å²) in [4.78, 5) is 17.4. The third-order valence-corrected chi connectivity index (χ3v) is 6.71. The number of cyclic esters (lactones) is 1. The molecule has 0 atom stereocenters. The molecule has 0 fully saturated rings. The van der Waals surface area contributed by atoms with E-state index in [1.54, 1.807) is 18.2 Å². The van der Waals surface area contributed by atoms with Gasteiger partial charge in [0.2, 0.25) is 5.90 Å². The zero-order valence-electron chi connectivity index (χ0n) is 14.6. The molecule has 0 aliphatic carbocycles. The molecule has 0 spiro atoms. The van der Waals surface area contributed by atoms with E-state index >= 15 is 0 Å². The number of benzene rings is 3. The number of ether oxygens (including phenoxy) is 1. The van der Waals surface area contributed by atoms with Crippen molar-refractivity contribution in [1.29, 1.82) is 0 Å². The van der Waals surface area contributed by atoms with Crippen LogP contribution in [0.1, 0.15) is 10.4 Å². The number of hydrogen-bond acceptors (Lipinski definition) is 4. The summed E-state index contributed by atoms with van der Waals surface area (Å²) < 4.78 is 6.22. The molecular weight excluding hydrogens is 449 g/mol. The fourth-order valence-electron chi connectivity index (χ4n) is 3.28. The van der Waals surface area contributed by atoms with E-state index in [9.17, 15) is 4.79 Å². The number of esters is 1. The Morgan fingerprint density at radius 2 is 1.79 bits per heavy atom. The Kier molecular flexibility index (Phi) is 4.60. The lowest BCUT2D eigenvalue weighted by Crippen LogP contribution is -2.04. The highest BCUT2D eigenvalue weighted by molar-refractivity contribution is 7.21. The first-order valence-electron chi connectivity index (χ1n) is 8.59. The van der Waals surface area contributed by atoms with Crippen molar-refractivity contribution in [2.24, 2.45) is 4.99 Å². The van der Waals surface area contributed by atoms with E-state index in [2.05, 4.69) is 4.99 Å². The lowest BCUT2D eigenvalue weighted by atomic mass is 10.0. The Bertz CT molecular complexity index is 1380. The maximum atomic E-state index is 12.5. The predicted molar refractivity (Wildman–Crippen MR) is 121 cm³/mol. The van der Waals surface area contributed by atoms with Crippen molar-refractivity contribution in [3.05, 3.63) is 85.8 Å². The van der Waals surface area contributed by atoms with Gasteiger partial charge in [-0.15, -0.1) is 11.3 Å². The lowest BCUT2D eigenvalue weighted by molar-refractivity contribution is -0.129. The van der Waals surface area contributed by atoms with Crippen molar-refractivity contribution < 1.29 is 9.53 Å². The van der Waals surface area contributed by atoms with Crippen LogP contribution < -0.4 is 0 Å². The van der Waals surface area contributed by atoms with E-state index in [1.807, 2.05) is 42.5 Å². The van der Waals surface area contributed by atoms with Gasteiger partial charge in [-0.2, -0.15) is 0 Å². The molecular formula is C22H10Cl3NO2S. The molecule has 7 heteroatoms. The SMILES string of the molecule is O=C1OC(c2sc3cc(Cl)cc(Cl)c3c2Cl)=N/C1=C/c1cccc2ccccc12. The third kappa shape index (κ3) is 3.22. The Morgan fingerprint density at radius 3 is 2.66 bits per heavy atom. The first kappa shape index (κ1) is 18.6. The second-order valence-electron chi connectivity index (χ2n) is 6.41. The summed E-state index contributed by atoms with van der Waals surface area (Å²) in [5.74, 6) is -0.356. The first-order valence-corrected chi connectivity index (χ1v) is 10.5. The molecule has 3 nitrogen and oxygen atoms in total. The van der Waals surface area contributed by atoms with Gasteiger partial charge in [0.25, 0.3) is 0 Å². The number of halogens is 3. The predicted octanol–water partition coefficient (Wildman–Crippen LogP) is 7.36. The highest BCUT2D eigenvalue weighted by Gasteiger charge is 2.28. The van der Waals surface area contributed by atoms with Gasteiger partial charge in [0.05, 0.1) is 10.0 Å². The Hall–Kier alpha value is -2.37. The molecule has 2 heterocycles. The second kappa shape index (κ2) is 7.15. The zero-order chi connectivity index (χ0) is 20.1. The van der Waals surface area contributed by atoms with Crippen molar-refractivity contribution in [3.8, 4) is 0 Å².